The summed E-state index contributed by atoms with van der Waals surface area (Å²) in [5, 5.41) is 11.0. The molecule has 3 rings (SSSR count). The normalized spacial score (nSPS) is 11.3. The van der Waals surface area contributed by atoms with Gasteiger partial charge in [0, 0.05) is 17.2 Å². The first-order valence-electron chi connectivity index (χ1n) is 8.12. The first-order chi connectivity index (χ1) is 13.7. The van der Waals surface area contributed by atoms with Crippen molar-refractivity contribution in [3.8, 4) is 11.3 Å². The number of nitro groups is 1. The van der Waals surface area contributed by atoms with Gasteiger partial charge in [0.25, 0.3) is 5.69 Å². The van der Waals surface area contributed by atoms with Crippen LogP contribution < -0.4 is 0 Å². The second-order valence-corrected chi connectivity index (χ2v) is 7.00. The molecule has 0 fully saturated rings. The Labute approximate surface area is 167 Å². The number of aromatic nitrogens is 2. The molecule has 0 unspecified atom stereocenters. The van der Waals surface area contributed by atoms with Crippen molar-refractivity contribution in [2.75, 3.05) is 0 Å². The number of aryl methyl sites for hydroxylation is 1. The molecule has 1 aromatic heterocycles. The summed E-state index contributed by atoms with van der Waals surface area (Å²) in [6, 6.07) is 11.2. The summed E-state index contributed by atoms with van der Waals surface area (Å²) < 4.78 is 40.0. The van der Waals surface area contributed by atoms with Crippen molar-refractivity contribution in [1.29, 1.82) is 0 Å². The Morgan fingerprint density at radius 2 is 1.76 bits per heavy atom. The largest absolute Gasteiger partial charge is 0.433 e. The molecule has 6 nitrogen and oxygen atoms in total. The van der Waals surface area contributed by atoms with Gasteiger partial charge in [0.2, 0.25) is 0 Å². The summed E-state index contributed by atoms with van der Waals surface area (Å²) in [6.45, 7) is 1.84. The SMILES string of the molecule is Cc1ccc(-c2cc(C(F)(F)F)nc(Sc3ccc(C=O)cc3[N+](=O)[O-])n2)cc1. The van der Waals surface area contributed by atoms with Gasteiger partial charge < -0.3 is 0 Å². The predicted octanol–water partition coefficient (Wildman–Crippen LogP) is 5.34. The van der Waals surface area contributed by atoms with Crippen LogP contribution in [0.2, 0.25) is 0 Å². The van der Waals surface area contributed by atoms with E-state index in [1.807, 2.05) is 6.92 Å². The summed E-state index contributed by atoms with van der Waals surface area (Å²) in [7, 11) is 0. The number of benzene rings is 2. The maximum Gasteiger partial charge on any atom is 0.433 e. The van der Waals surface area contributed by atoms with Crippen molar-refractivity contribution >= 4 is 23.7 Å². The molecule has 1 heterocycles. The Bertz CT molecular complexity index is 1090. The molecule has 148 valence electrons. The number of rotatable bonds is 5. The summed E-state index contributed by atoms with van der Waals surface area (Å²) >= 11 is 0.624. The molecule has 10 heteroatoms. The van der Waals surface area contributed by atoms with Crippen molar-refractivity contribution in [3.05, 3.63) is 75.5 Å². The van der Waals surface area contributed by atoms with Crippen LogP contribution in [0, 0.1) is 17.0 Å². The van der Waals surface area contributed by atoms with Gasteiger partial charge in [0.05, 0.1) is 15.5 Å². The van der Waals surface area contributed by atoms with Crippen LogP contribution >= 0.6 is 11.8 Å². The van der Waals surface area contributed by atoms with E-state index in [0.29, 0.717) is 23.6 Å². The highest BCUT2D eigenvalue weighted by molar-refractivity contribution is 7.99. The molecule has 0 saturated carbocycles. The van der Waals surface area contributed by atoms with E-state index >= 15 is 0 Å². The number of nitro benzene ring substituents is 1. The van der Waals surface area contributed by atoms with Crippen LogP contribution in [-0.4, -0.2) is 21.2 Å². The molecule has 0 saturated heterocycles. The van der Waals surface area contributed by atoms with E-state index in [0.717, 1.165) is 17.7 Å². The van der Waals surface area contributed by atoms with Crippen molar-refractivity contribution in [1.82, 2.24) is 9.97 Å². The van der Waals surface area contributed by atoms with E-state index in [4.69, 9.17) is 0 Å². The maximum atomic E-state index is 13.3. The average Bonchev–Trinajstić information content (AvgIpc) is 2.67. The Hall–Kier alpha value is -3.27. The molecule has 3 aromatic rings. The van der Waals surface area contributed by atoms with Crippen molar-refractivity contribution in [2.45, 2.75) is 23.2 Å². The molecule has 0 aliphatic carbocycles. The van der Waals surface area contributed by atoms with E-state index in [2.05, 4.69) is 9.97 Å². The van der Waals surface area contributed by atoms with Gasteiger partial charge in [-0.25, -0.2) is 9.97 Å². The van der Waals surface area contributed by atoms with E-state index in [1.165, 1.54) is 12.1 Å². The topological polar surface area (TPSA) is 86.0 Å². The van der Waals surface area contributed by atoms with E-state index < -0.39 is 22.5 Å². The minimum atomic E-state index is -4.72. The van der Waals surface area contributed by atoms with Gasteiger partial charge in [0.1, 0.15) is 12.0 Å². The van der Waals surface area contributed by atoms with E-state index in [9.17, 15) is 28.1 Å². The number of hydrogen-bond donors (Lipinski definition) is 0. The van der Waals surface area contributed by atoms with Gasteiger partial charge in [-0.15, -0.1) is 0 Å². The number of nitrogens with zero attached hydrogens (tertiary/aromatic N) is 3. The highest BCUT2D eigenvalue weighted by atomic mass is 32.2. The molecule has 29 heavy (non-hydrogen) atoms. The molecular formula is C19H12F3N3O3S. The smallest absolute Gasteiger partial charge is 0.298 e. The number of aldehydes is 1. The average molecular weight is 419 g/mol. The van der Waals surface area contributed by atoms with Crippen molar-refractivity contribution < 1.29 is 22.9 Å². The molecule has 2 aromatic carbocycles. The quantitative estimate of drug-likeness (QED) is 0.240. The molecule has 0 aliphatic heterocycles. The third kappa shape index (κ3) is 4.77. The van der Waals surface area contributed by atoms with Gasteiger partial charge in [-0.3, -0.25) is 14.9 Å². The first kappa shape index (κ1) is 20.5. The minimum absolute atomic E-state index is 0.0229. The highest BCUT2D eigenvalue weighted by Crippen LogP contribution is 2.37. The lowest BCUT2D eigenvalue weighted by molar-refractivity contribution is -0.387. The van der Waals surface area contributed by atoms with Gasteiger partial charge >= 0.3 is 6.18 Å². The molecule has 0 atom stereocenters. The van der Waals surface area contributed by atoms with Crippen LogP contribution in [0.15, 0.2) is 58.6 Å². The lowest BCUT2D eigenvalue weighted by Crippen LogP contribution is -2.10. The number of alkyl halides is 3. The molecule has 0 amide bonds. The van der Waals surface area contributed by atoms with Crippen molar-refractivity contribution in [3.63, 3.8) is 0 Å². The lowest BCUT2D eigenvalue weighted by atomic mass is 10.1. The second-order valence-electron chi connectivity index (χ2n) is 5.99. The first-order valence-corrected chi connectivity index (χ1v) is 8.94. The highest BCUT2D eigenvalue weighted by Gasteiger charge is 2.34. The number of hydrogen-bond acceptors (Lipinski definition) is 6. The van der Waals surface area contributed by atoms with Gasteiger partial charge in [-0.2, -0.15) is 13.2 Å². The van der Waals surface area contributed by atoms with Gasteiger partial charge in [-0.1, -0.05) is 35.9 Å². The van der Waals surface area contributed by atoms with Crippen LogP contribution in [0.25, 0.3) is 11.3 Å². The Morgan fingerprint density at radius 1 is 1.07 bits per heavy atom. The van der Waals surface area contributed by atoms with Crippen LogP contribution in [0.5, 0.6) is 0 Å². The summed E-state index contributed by atoms with van der Waals surface area (Å²) in [6.07, 6.45) is -4.28. The molecular weight excluding hydrogens is 407 g/mol. The zero-order chi connectivity index (χ0) is 21.2. The fraction of sp³-hybridized carbons (Fsp3) is 0.105. The molecule has 0 spiro atoms. The predicted molar refractivity (Wildman–Crippen MR) is 99.8 cm³/mol. The summed E-state index contributed by atoms with van der Waals surface area (Å²) in [4.78, 5) is 29.1. The molecule has 0 N–H and O–H groups in total. The van der Waals surface area contributed by atoms with Crippen LogP contribution in [-0.2, 0) is 6.18 Å². The zero-order valence-corrected chi connectivity index (χ0v) is 15.6. The lowest BCUT2D eigenvalue weighted by Gasteiger charge is -2.11. The Kier molecular flexibility index (Phi) is 5.64. The Morgan fingerprint density at radius 3 is 2.34 bits per heavy atom. The molecule has 0 aliphatic rings. The number of halogens is 3. The van der Waals surface area contributed by atoms with Crippen LogP contribution in [0.1, 0.15) is 21.6 Å². The fourth-order valence-corrected chi connectivity index (χ4v) is 3.28. The minimum Gasteiger partial charge on any atom is -0.298 e. The number of carbonyl (C=O) groups is 1. The van der Waals surface area contributed by atoms with Crippen LogP contribution in [0.3, 0.4) is 0 Å². The number of carbonyl (C=O) groups excluding carboxylic acids is 1. The summed E-state index contributed by atoms with van der Waals surface area (Å²) in [5.41, 5.74) is -0.0703. The summed E-state index contributed by atoms with van der Waals surface area (Å²) in [5.74, 6) is 0. The Balaban J connectivity index is 2.10. The van der Waals surface area contributed by atoms with E-state index in [1.54, 1.807) is 24.3 Å². The monoisotopic (exact) mass is 419 g/mol. The fourth-order valence-electron chi connectivity index (χ4n) is 2.42. The van der Waals surface area contributed by atoms with Crippen molar-refractivity contribution in [2.24, 2.45) is 0 Å². The standard InChI is InChI=1S/C19H12F3N3O3S/c1-11-2-5-13(6-3-11)14-9-17(19(20,21)22)24-18(23-14)29-16-7-4-12(10-26)8-15(16)25(27)28/h2-10H,1H3. The third-order valence-electron chi connectivity index (χ3n) is 3.86. The molecule has 0 bridgehead atoms. The molecule has 0 radical (unpaired) electrons. The van der Waals surface area contributed by atoms with Gasteiger partial charge in [-0.05, 0) is 30.8 Å². The zero-order valence-electron chi connectivity index (χ0n) is 14.8. The second kappa shape index (κ2) is 8.00. The van der Waals surface area contributed by atoms with Crippen LogP contribution in [0.4, 0.5) is 18.9 Å². The maximum absolute atomic E-state index is 13.3. The van der Waals surface area contributed by atoms with E-state index in [-0.39, 0.29) is 21.3 Å². The van der Waals surface area contributed by atoms with Gasteiger partial charge in [0.15, 0.2) is 5.16 Å². The third-order valence-corrected chi connectivity index (χ3v) is 4.79.